The Kier molecular flexibility index (Phi) is 5.41. The van der Waals surface area contributed by atoms with Gasteiger partial charge in [0.05, 0.1) is 24.1 Å². The fourth-order valence-corrected chi connectivity index (χ4v) is 6.93. The van der Waals surface area contributed by atoms with Crippen LogP contribution < -0.4 is 0 Å². The molecule has 8 nitrogen and oxygen atoms in total. The van der Waals surface area contributed by atoms with Gasteiger partial charge in [-0.05, 0) is 33.2 Å². The molecule has 0 aromatic heterocycles. The Morgan fingerprint density at radius 3 is 2.48 bits per heavy atom. The number of rotatable bonds is 5. The third-order valence-corrected chi connectivity index (χ3v) is 8.31. The van der Waals surface area contributed by atoms with Crippen LogP contribution in [0.5, 0.6) is 0 Å². The molecule has 4 aliphatic rings. The molecule has 160 valence electrons. The summed E-state index contributed by atoms with van der Waals surface area (Å²) in [5, 5.41) is 19.8. The highest BCUT2D eigenvalue weighted by Gasteiger charge is 2.60. The van der Waals surface area contributed by atoms with E-state index in [1.54, 1.807) is 6.92 Å². The molecule has 3 fully saturated rings. The molecule has 6 atom stereocenters. The Labute approximate surface area is 174 Å². The number of carboxylic acids is 1. The number of carboxylic acid groups (broad SMARTS) is 1. The van der Waals surface area contributed by atoms with Gasteiger partial charge >= 0.3 is 5.97 Å². The second-order valence-corrected chi connectivity index (χ2v) is 10.1. The summed E-state index contributed by atoms with van der Waals surface area (Å²) in [6.45, 7) is 5.87. The first-order valence-electron chi connectivity index (χ1n) is 10.4. The van der Waals surface area contributed by atoms with Crippen LogP contribution >= 0.6 is 11.8 Å². The van der Waals surface area contributed by atoms with Gasteiger partial charge in [-0.15, -0.1) is 11.8 Å². The average Bonchev–Trinajstić information content (AvgIpc) is 3.34. The molecule has 4 heterocycles. The molecule has 2 amide bonds. The maximum atomic E-state index is 12.8. The van der Waals surface area contributed by atoms with Crippen molar-refractivity contribution in [1.82, 2.24) is 14.7 Å². The van der Waals surface area contributed by atoms with E-state index in [-0.39, 0.29) is 40.8 Å². The van der Waals surface area contributed by atoms with Crippen LogP contribution in [0.25, 0.3) is 0 Å². The number of amides is 2. The van der Waals surface area contributed by atoms with E-state index in [9.17, 15) is 24.6 Å². The highest BCUT2D eigenvalue weighted by atomic mass is 32.2. The fraction of sp³-hybridized carbons (Fsp3) is 0.750. The molecule has 0 radical (unpaired) electrons. The summed E-state index contributed by atoms with van der Waals surface area (Å²) < 4.78 is 0. The van der Waals surface area contributed by atoms with Gasteiger partial charge in [-0.2, -0.15) is 0 Å². The van der Waals surface area contributed by atoms with Gasteiger partial charge in [0.1, 0.15) is 5.70 Å². The molecule has 3 saturated heterocycles. The van der Waals surface area contributed by atoms with Crippen molar-refractivity contribution in [1.29, 1.82) is 0 Å². The predicted molar refractivity (Wildman–Crippen MR) is 108 cm³/mol. The maximum Gasteiger partial charge on any atom is 0.353 e. The van der Waals surface area contributed by atoms with Crippen LogP contribution in [0, 0.1) is 11.8 Å². The van der Waals surface area contributed by atoms with E-state index in [0.29, 0.717) is 17.9 Å². The largest absolute Gasteiger partial charge is 0.477 e. The summed E-state index contributed by atoms with van der Waals surface area (Å²) in [5.41, 5.74) is 0.0615. The Bertz CT molecular complexity index is 763. The van der Waals surface area contributed by atoms with Gasteiger partial charge in [0.25, 0.3) is 0 Å². The molecule has 0 aromatic rings. The number of nitrogens with zero attached hydrogens (tertiary/aromatic N) is 3. The highest BCUT2D eigenvalue weighted by Crippen LogP contribution is 2.52. The third kappa shape index (κ3) is 3.27. The predicted octanol–water partition coefficient (Wildman–Crippen LogP) is 0.568. The van der Waals surface area contributed by atoms with Crippen LogP contribution in [0.4, 0.5) is 0 Å². The van der Waals surface area contributed by atoms with E-state index >= 15 is 0 Å². The van der Waals surface area contributed by atoms with Crippen LogP contribution in [-0.4, -0.2) is 92.8 Å². The van der Waals surface area contributed by atoms with Crippen molar-refractivity contribution in [2.24, 2.45) is 11.8 Å². The normalized spacial score (nSPS) is 35.9. The van der Waals surface area contributed by atoms with E-state index in [1.165, 1.54) is 16.7 Å². The van der Waals surface area contributed by atoms with Gasteiger partial charge in [0, 0.05) is 35.7 Å². The van der Waals surface area contributed by atoms with E-state index in [4.69, 9.17) is 0 Å². The van der Waals surface area contributed by atoms with E-state index < -0.39 is 18.0 Å². The van der Waals surface area contributed by atoms with Crippen LogP contribution in [0.3, 0.4) is 0 Å². The number of aliphatic hydroxyl groups is 1. The molecular weight excluding hydrogens is 394 g/mol. The van der Waals surface area contributed by atoms with Gasteiger partial charge < -0.3 is 20.0 Å². The van der Waals surface area contributed by atoms with Crippen molar-refractivity contribution in [3.05, 3.63) is 10.6 Å². The molecule has 2 N–H and O–H groups in total. The minimum Gasteiger partial charge on any atom is -0.477 e. The average molecular weight is 424 g/mol. The maximum absolute atomic E-state index is 12.8. The molecule has 0 aliphatic carbocycles. The minimum atomic E-state index is -1.10. The zero-order valence-electron chi connectivity index (χ0n) is 17.1. The monoisotopic (exact) mass is 423 g/mol. The van der Waals surface area contributed by atoms with Crippen LogP contribution in [0.1, 0.15) is 33.1 Å². The Morgan fingerprint density at radius 1 is 1.24 bits per heavy atom. The zero-order chi connectivity index (χ0) is 21.0. The van der Waals surface area contributed by atoms with Gasteiger partial charge in [-0.25, -0.2) is 4.79 Å². The molecule has 4 aliphatic heterocycles. The number of hydrogen-bond donors (Lipinski definition) is 2. The van der Waals surface area contributed by atoms with Gasteiger partial charge in [0.15, 0.2) is 0 Å². The number of aliphatic hydroxyl groups excluding tert-OH is 1. The number of carbonyl (C=O) groups is 3. The number of likely N-dealkylation sites (N-methyl/N-ethyl adjacent to an activating group) is 1. The van der Waals surface area contributed by atoms with Crippen molar-refractivity contribution >= 4 is 29.5 Å². The standard InChI is InChI=1S/C20H29N3O5S/c1-10-15-14(11(2)24)19(26)23(15)16(20(27)28)17(10)29-12-8-13(21(3)9-12)18(25)22-6-4-5-7-22/h10-15,24H,4-9H2,1-3H3,(H,27,28)/t10-,11-,12+,13+,14-,15+/m1/s1. The van der Waals surface area contributed by atoms with Gasteiger partial charge in [0.2, 0.25) is 11.8 Å². The molecule has 0 bridgehead atoms. The summed E-state index contributed by atoms with van der Waals surface area (Å²) in [7, 11) is 1.95. The highest BCUT2D eigenvalue weighted by molar-refractivity contribution is 8.03. The molecule has 0 saturated carbocycles. The van der Waals surface area contributed by atoms with E-state index in [2.05, 4.69) is 4.90 Å². The lowest BCUT2D eigenvalue weighted by molar-refractivity contribution is -0.163. The number of hydrogen-bond acceptors (Lipinski definition) is 6. The summed E-state index contributed by atoms with van der Waals surface area (Å²) in [5.74, 6) is -1.92. The van der Waals surface area contributed by atoms with E-state index in [0.717, 1.165) is 25.9 Å². The molecular formula is C20H29N3O5S. The lowest BCUT2D eigenvalue weighted by Gasteiger charge is -2.46. The quantitative estimate of drug-likeness (QED) is 0.624. The molecule has 29 heavy (non-hydrogen) atoms. The number of aliphatic carboxylic acids is 1. The second-order valence-electron chi connectivity index (χ2n) is 8.74. The SMILES string of the molecule is C[C@@H](O)[C@H]1C(=O)N2C(C(=O)O)=C(S[C@H]3C[C@@H](C(=O)N4CCCC4)N(C)C3)[C@H](C)[C@@H]12. The summed E-state index contributed by atoms with van der Waals surface area (Å²) in [4.78, 5) is 43.3. The van der Waals surface area contributed by atoms with Crippen molar-refractivity contribution in [2.75, 3.05) is 26.7 Å². The Morgan fingerprint density at radius 2 is 1.90 bits per heavy atom. The molecule has 0 spiro atoms. The molecule has 9 heteroatoms. The molecule has 4 rings (SSSR count). The van der Waals surface area contributed by atoms with Gasteiger partial charge in [-0.1, -0.05) is 6.92 Å². The number of fused-ring (bicyclic) bond motifs is 1. The van der Waals surface area contributed by atoms with Gasteiger partial charge in [-0.3, -0.25) is 14.5 Å². The van der Waals surface area contributed by atoms with Crippen molar-refractivity contribution < 1.29 is 24.6 Å². The van der Waals surface area contributed by atoms with Crippen LogP contribution in [0.15, 0.2) is 10.6 Å². The Balaban J connectivity index is 1.51. The number of carbonyl (C=O) groups excluding carboxylic acids is 2. The minimum absolute atomic E-state index is 0.0615. The smallest absolute Gasteiger partial charge is 0.353 e. The fourth-order valence-electron chi connectivity index (χ4n) is 5.33. The Hall–Kier alpha value is -1.58. The summed E-state index contributed by atoms with van der Waals surface area (Å²) in [6, 6.07) is -0.461. The lowest BCUT2D eigenvalue weighted by Crippen LogP contribution is -2.63. The number of likely N-dealkylation sites (tertiary alicyclic amines) is 2. The molecule has 0 unspecified atom stereocenters. The first-order valence-corrected chi connectivity index (χ1v) is 11.2. The second kappa shape index (κ2) is 7.59. The van der Waals surface area contributed by atoms with Crippen molar-refractivity contribution in [2.45, 2.75) is 56.5 Å². The number of thioether (sulfide) groups is 1. The molecule has 0 aromatic carbocycles. The first-order chi connectivity index (χ1) is 13.7. The topological polar surface area (TPSA) is 101 Å². The summed E-state index contributed by atoms with van der Waals surface area (Å²) >= 11 is 1.50. The van der Waals surface area contributed by atoms with E-state index in [1.807, 2.05) is 18.9 Å². The zero-order valence-corrected chi connectivity index (χ0v) is 17.9. The number of β-lactam (4-membered cyclic amide) rings is 1. The summed E-state index contributed by atoms with van der Waals surface area (Å²) in [6.07, 6.45) is 1.99. The lowest BCUT2D eigenvalue weighted by atomic mass is 9.79. The van der Waals surface area contributed by atoms with Crippen molar-refractivity contribution in [3.63, 3.8) is 0 Å². The van der Waals surface area contributed by atoms with Crippen LogP contribution in [0.2, 0.25) is 0 Å². The third-order valence-electron chi connectivity index (χ3n) is 6.82. The van der Waals surface area contributed by atoms with Crippen molar-refractivity contribution in [3.8, 4) is 0 Å². The van der Waals surface area contributed by atoms with Crippen LogP contribution in [-0.2, 0) is 14.4 Å². The first kappa shape index (κ1) is 20.7.